The number of carboxylic acid groups (broad SMARTS) is 1. The molecule has 2 rings (SSSR count). The van der Waals surface area contributed by atoms with Crippen molar-refractivity contribution in [2.75, 3.05) is 33.3 Å². The standard InChI is InChI=1S/C16H30N2O3/c1-3-21-14-7-5-10-18(12-14)11-8-13-6-4-9-16(13,17-2)15(19)20/h13-14,17H,3-12H2,1-2H3,(H,19,20). The molecule has 5 nitrogen and oxygen atoms in total. The van der Waals surface area contributed by atoms with Gasteiger partial charge in [-0.1, -0.05) is 6.42 Å². The van der Waals surface area contributed by atoms with Gasteiger partial charge in [-0.25, -0.2) is 0 Å². The van der Waals surface area contributed by atoms with Gasteiger partial charge in [0.1, 0.15) is 5.54 Å². The van der Waals surface area contributed by atoms with Crippen LogP contribution in [0.3, 0.4) is 0 Å². The lowest BCUT2D eigenvalue weighted by atomic mass is 9.84. The molecule has 0 aromatic carbocycles. The van der Waals surface area contributed by atoms with Crippen molar-refractivity contribution in [2.24, 2.45) is 5.92 Å². The Bertz CT molecular complexity index is 348. The first kappa shape index (κ1) is 16.7. The average Bonchev–Trinajstić information content (AvgIpc) is 2.90. The van der Waals surface area contributed by atoms with Crippen LogP contribution >= 0.6 is 0 Å². The normalized spacial score (nSPS) is 34.2. The van der Waals surface area contributed by atoms with E-state index >= 15 is 0 Å². The SMILES string of the molecule is CCOC1CCCN(CCC2CCCC2(NC)C(=O)O)C1. The van der Waals surface area contributed by atoms with Crippen LogP contribution in [0.15, 0.2) is 0 Å². The van der Waals surface area contributed by atoms with Crippen molar-refractivity contribution in [1.29, 1.82) is 0 Å². The fourth-order valence-electron chi connectivity index (χ4n) is 4.11. The smallest absolute Gasteiger partial charge is 0.324 e. The monoisotopic (exact) mass is 298 g/mol. The summed E-state index contributed by atoms with van der Waals surface area (Å²) in [5.74, 6) is -0.439. The van der Waals surface area contributed by atoms with Crippen molar-refractivity contribution in [1.82, 2.24) is 10.2 Å². The number of piperidine rings is 1. The number of carbonyl (C=O) groups is 1. The molecule has 1 aliphatic carbocycles. The lowest BCUT2D eigenvalue weighted by Gasteiger charge is -2.35. The molecule has 21 heavy (non-hydrogen) atoms. The molecule has 2 aliphatic rings. The van der Waals surface area contributed by atoms with Crippen LogP contribution in [-0.4, -0.2) is 60.9 Å². The number of hydrogen-bond donors (Lipinski definition) is 2. The molecule has 0 aromatic rings. The van der Waals surface area contributed by atoms with E-state index in [1.807, 2.05) is 6.92 Å². The number of aliphatic carboxylic acids is 1. The minimum Gasteiger partial charge on any atom is -0.480 e. The molecular weight excluding hydrogens is 268 g/mol. The molecule has 1 heterocycles. The maximum atomic E-state index is 11.7. The Morgan fingerprint density at radius 1 is 1.43 bits per heavy atom. The van der Waals surface area contributed by atoms with Crippen LogP contribution in [0.2, 0.25) is 0 Å². The van der Waals surface area contributed by atoms with E-state index < -0.39 is 11.5 Å². The predicted molar refractivity (Wildman–Crippen MR) is 82.5 cm³/mol. The summed E-state index contributed by atoms with van der Waals surface area (Å²) in [5.41, 5.74) is -0.699. The third-order valence-corrected chi connectivity index (χ3v) is 5.31. The highest BCUT2D eigenvalue weighted by molar-refractivity contribution is 5.79. The van der Waals surface area contributed by atoms with Gasteiger partial charge in [-0.15, -0.1) is 0 Å². The molecule has 0 spiro atoms. The van der Waals surface area contributed by atoms with Crippen molar-refractivity contribution in [2.45, 2.75) is 57.1 Å². The minimum absolute atomic E-state index is 0.243. The number of nitrogens with zero attached hydrogens (tertiary/aromatic N) is 1. The van der Waals surface area contributed by atoms with Gasteiger partial charge in [0.2, 0.25) is 0 Å². The van der Waals surface area contributed by atoms with E-state index in [9.17, 15) is 9.90 Å². The van der Waals surface area contributed by atoms with Crippen LogP contribution in [0.1, 0.15) is 45.4 Å². The average molecular weight is 298 g/mol. The molecule has 0 bridgehead atoms. The van der Waals surface area contributed by atoms with Gasteiger partial charge in [-0.2, -0.15) is 0 Å². The molecule has 1 aliphatic heterocycles. The van der Waals surface area contributed by atoms with E-state index in [1.165, 1.54) is 6.42 Å². The molecule has 2 N–H and O–H groups in total. The van der Waals surface area contributed by atoms with Crippen molar-refractivity contribution >= 4 is 5.97 Å². The molecule has 2 fully saturated rings. The number of likely N-dealkylation sites (N-methyl/N-ethyl adjacent to an activating group) is 1. The third kappa shape index (κ3) is 3.76. The number of carboxylic acids is 1. The number of nitrogens with one attached hydrogen (secondary N) is 1. The molecule has 1 saturated carbocycles. The molecule has 0 radical (unpaired) electrons. The highest BCUT2D eigenvalue weighted by Gasteiger charge is 2.47. The Balaban J connectivity index is 1.85. The van der Waals surface area contributed by atoms with Crippen molar-refractivity contribution in [3.8, 4) is 0 Å². The zero-order valence-corrected chi connectivity index (χ0v) is 13.4. The zero-order valence-electron chi connectivity index (χ0n) is 13.4. The Kier molecular flexibility index (Phi) is 6.02. The Morgan fingerprint density at radius 2 is 2.24 bits per heavy atom. The van der Waals surface area contributed by atoms with Gasteiger partial charge in [0.05, 0.1) is 6.10 Å². The quantitative estimate of drug-likeness (QED) is 0.749. The largest absolute Gasteiger partial charge is 0.480 e. The summed E-state index contributed by atoms with van der Waals surface area (Å²) >= 11 is 0. The maximum absolute atomic E-state index is 11.7. The summed E-state index contributed by atoms with van der Waals surface area (Å²) in [4.78, 5) is 14.1. The molecule has 1 saturated heterocycles. The summed E-state index contributed by atoms with van der Waals surface area (Å²) in [6.07, 6.45) is 6.46. The highest BCUT2D eigenvalue weighted by atomic mass is 16.5. The predicted octanol–water partition coefficient (Wildman–Crippen LogP) is 1.72. The van der Waals surface area contributed by atoms with Crippen molar-refractivity contribution in [3.63, 3.8) is 0 Å². The lowest BCUT2D eigenvalue weighted by Crippen LogP contribution is -2.54. The summed E-state index contributed by atoms with van der Waals surface area (Å²) in [6, 6.07) is 0. The zero-order chi connectivity index (χ0) is 15.3. The Hall–Kier alpha value is -0.650. The number of likely N-dealkylation sites (tertiary alicyclic amines) is 1. The van der Waals surface area contributed by atoms with Crippen LogP contribution in [0.5, 0.6) is 0 Å². The first-order valence-electron chi connectivity index (χ1n) is 8.38. The topological polar surface area (TPSA) is 61.8 Å². The fraction of sp³-hybridized carbons (Fsp3) is 0.938. The molecule has 5 heteroatoms. The van der Waals surface area contributed by atoms with Gasteiger partial charge < -0.3 is 20.1 Å². The van der Waals surface area contributed by atoms with Crippen LogP contribution in [0.4, 0.5) is 0 Å². The van der Waals surface area contributed by atoms with E-state index in [4.69, 9.17) is 4.74 Å². The van der Waals surface area contributed by atoms with Gasteiger partial charge in [-0.3, -0.25) is 4.79 Å². The number of rotatable bonds is 7. The third-order valence-electron chi connectivity index (χ3n) is 5.31. The second-order valence-electron chi connectivity index (χ2n) is 6.42. The van der Waals surface area contributed by atoms with Gasteiger partial charge in [0.25, 0.3) is 0 Å². The second kappa shape index (κ2) is 7.56. The van der Waals surface area contributed by atoms with E-state index in [-0.39, 0.29) is 5.92 Å². The summed E-state index contributed by atoms with van der Waals surface area (Å²) in [6.45, 7) is 5.94. The first-order chi connectivity index (χ1) is 10.1. The number of hydrogen-bond acceptors (Lipinski definition) is 4. The van der Waals surface area contributed by atoms with Crippen molar-refractivity contribution in [3.05, 3.63) is 0 Å². The fourth-order valence-corrected chi connectivity index (χ4v) is 4.11. The van der Waals surface area contributed by atoms with Crippen LogP contribution in [0.25, 0.3) is 0 Å². The molecule has 0 aromatic heterocycles. The summed E-state index contributed by atoms with van der Waals surface area (Å²) in [7, 11) is 1.79. The molecule has 3 atom stereocenters. The second-order valence-corrected chi connectivity index (χ2v) is 6.42. The molecule has 122 valence electrons. The Labute approximate surface area is 128 Å². The van der Waals surface area contributed by atoms with E-state index in [0.29, 0.717) is 6.10 Å². The van der Waals surface area contributed by atoms with Crippen molar-refractivity contribution < 1.29 is 14.6 Å². The maximum Gasteiger partial charge on any atom is 0.324 e. The number of ether oxygens (including phenoxy) is 1. The molecule has 0 amide bonds. The van der Waals surface area contributed by atoms with Crippen LogP contribution < -0.4 is 5.32 Å². The van der Waals surface area contributed by atoms with Gasteiger partial charge in [-0.05, 0) is 65.1 Å². The van der Waals surface area contributed by atoms with E-state index in [2.05, 4.69) is 10.2 Å². The summed E-state index contributed by atoms with van der Waals surface area (Å²) in [5, 5.41) is 12.7. The Morgan fingerprint density at radius 3 is 2.90 bits per heavy atom. The van der Waals surface area contributed by atoms with Gasteiger partial charge >= 0.3 is 5.97 Å². The molecular formula is C16H30N2O3. The van der Waals surface area contributed by atoms with Gasteiger partial charge in [0.15, 0.2) is 0 Å². The molecule has 3 unspecified atom stereocenters. The highest BCUT2D eigenvalue weighted by Crippen LogP contribution is 2.38. The van der Waals surface area contributed by atoms with Gasteiger partial charge in [0, 0.05) is 13.2 Å². The first-order valence-corrected chi connectivity index (χ1v) is 8.38. The lowest BCUT2D eigenvalue weighted by molar-refractivity contribution is -0.146. The minimum atomic E-state index is -0.699. The van der Waals surface area contributed by atoms with Crippen LogP contribution in [-0.2, 0) is 9.53 Å². The van der Waals surface area contributed by atoms with E-state index in [1.54, 1.807) is 7.05 Å². The summed E-state index contributed by atoms with van der Waals surface area (Å²) < 4.78 is 5.74. The van der Waals surface area contributed by atoms with Crippen LogP contribution in [0, 0.1) is 5.92 Å². The van der Waals surface area contributed by atoms with E-state index in [0.717, 1.165) is 58.3 Å².